The topological polar surface area (TPSA) is 63.2 Å². The average molecular weight is 338 g/mol. The summed E-state index contributed by atoms with van der Waals surface area (Å²) >= 11 is 6.10. The highest BCUT2D eigenvalue weighted by atomic mass is 35.5. The number of carbonyl (C=O) groups is 1. The van der Waals surface area contributed by atoms with Gasteiger partial charge in [-0.2, -0.15) is 0 Å². The van der Waals surface area contributed by atoms with Crippen LogP contribution in [0.4, 0.5) is 0 Å². The predicted molar refractivity (Wildman–Crippen MR) is 86.9 cm³/mol. The van der Waals surface area contributed by atoms with E-state index in [4.69, 9.17) is 11.6 Å². The number of nitrogens with one attached hydrogen (secondary N) is 1. The van der Waals surface area contributed by atoms with Gasteiger partial charge in [-0.05, 0) is 36.8 Å². The van der Waals surface area contributed by atoms with Crippen LogP contribution in [0.2, 0.25) is 5.02 Å². The maximum atomic E-state index is 12.3. The van der Waals surface area contributed by atoms with Crippen LogP contribution in [0.25, 0.3) is 0 Å². The number of hydrogen-bond donors (Lipinski definition) is 1. The van der Waals surface area contributed by atoms with Crippen LogP contribution in [-0.2, 0) is 9.84 Å². The van der Waals surface area contributed by atoms with Crippen molar-refractivity contribution in [2.75, 3.05) is 6.26 Å². The second-order valence-corrected chi connectivity index (χ2v) is 7.44. The van der Waals surface area contributed by atoms with Crippen molar-refractivity contribution in [3.8, 4) is 0 Å². The molecule has 2 rings (SSSR count). The van der Waals surface area contributed by atoms with Gasteiger partial charge < -0.3 is 5.32 Å². The lowest BCUT2D eigenvalue weighted by molar-refractivity contribution is 0.0939. The van der Waals surface area contributed by atoms with Crippen LogP contribution in [0, 0.1) is 0 Å². The number of carbonyl (C=O) groups excluding carboxylic acids is 1. The smallest absolute Gasteiger partial charge is 0.251 e. The fourth-order valence-corrected chi connectivity index (χ4v) is 3.02. The first-order valence-electron chi connectivity index (χ1n) is 6.64. The molecule has 4 nitrogen and oxygen atoms in total. The summed E-state index contributed by atoms with van der Waals surface area (Å²) in [5.41, 5.74) is 1.10. The fourth-order valence-electron chi connectivity index (χ4n) is 2.05. The fraction of sp³-hybridized carbons (Fsp3) is 0.188. The van der Waals surface area contributed by atoms with E-state index in [0.717, 1.165) is 11.8 Å². The molecule has 0 spiro atoms. The van der Waals surface area contributed by atoms with E-state index in [1.807, 2.05) is 25.1 Å². The van der Waals surface area contributed by atoms with Crippen molar-refractivity contribution in [3.63, 3.8) is 0 Å². The van der Waals surface area contributed by atoms with E-state index in [-0.39, 0.29) is 16.8 Å². The minimum atomic E-state index is -3.35. The number of hydrogen-bond acceptors (Lipinski definition) is 3. The molecule has 0 aliphatic rings. The highest BCUT2D eigenvalue weighted by Gasteiger charge is 2.15. The third kappa shape index (κ3) is 3.87. The van der Waals surface area contributed by atoms with Crippen LogP contribution >= 0.6 is 11.6 Å². The Morgan fingerprint density at radius 2 is 1.82 bits per heavy atom. The lowest BCUT2D eigenvalue weighted by Gasteiger charge is -2.16. The van der Waals surface area contributed by atoms with Crippen molar-refractivity contribution in [1.29, 1.82) is 0 Å². The monoisotopic (exact) mass is 337 g/mol. The highest BCUT2D eigenvalue weighted by molar-refractivity contribution is 7.90. The van der Waals surface area contributed by atoms with Crippen LogP contribution in [0.3, 0.4) is 0 Å². The van der Waals surface area contributed by atoms with E-state index in [9.17, 15) is 13.2 Å². The normalized spacial score (nSPS) is 12.7. The molecule has 1 N–H and O–H groups in total. The van der Waals surface area contributed by atoms with Gasteiger partial charge in [0, 0.05) is 16.8 Å². The van der Waals surface area contributed by atoms with Gasteiger partial charge in [0.2, 0.25) is 0 Å². The van der Waals surface area contributed by atoms with E-state index in [1.165, 1.54) is 12.1 Å². The van der Waals surface area contributed by atoms with Crippen LogP contribution in [0.1, 0.15) is 28.9 Å². The van der Waals surface area contributed by atoms with E-state index < -0.39 is 9.84 Å². The Morgan fingerprint density at radius 3 is 2.45 bits per heavy atom. The molecule has 0 aliphatic carbocycles. The Bertz CT molecular complexity index is 803. The van der Waals surface area contributed by atoms with Gasteiger partial charge in [-0.15, -0.1) is 0 Å². The summed E-state index contributed by atoms with van der Waals surface area (Å²) in [4.78, 5) is 12.4. The molecule has 22 heavy (non-hydrogen) atoms. The van der Waals surface area contributed by atoms with Gasteiger partial charge in [-0.1, -0.05) is 35.9 Å². The molecule has 0 saturated carbocycles. The highest BCUT2D eigenvalue weighted by Crippen LogP contribution is 2.22. The standard InChI is InChI=1S/C16H16ClNO3S/c1-11(14-8-3-4-9-15(14)17)18-16(19)12-6-5-7-13(10-12)22(2,20)21/h3-11H,1-2H3,(H,18,19)/t11-/m0/s1. The Kier molecular flexibility index (Phi) is 4.88. The van der Waals surface area contributed by atoms with Gasteiger partial charge in [0.15, 0.2) is 9.84 Å². The summed E-state index contributed by atoms with van der Waals surface area (Å²) in [5, 5.41) is 3.38. The number of rotatable bonds is 4. The quantitative estimate of drug-likeness (QED) is 0.931. The number of benzene rings is 2. The number of amides is 1. The molecular weight excluding hydrogens is 322 g/mol. The summed E-state index contributed by atoms with van der Waals surface area (Å²) in [6.07, 6.45) is 1.11. The first-order valence-corrected chi connectivity index (χ1v) is 8.91. The van der Waals surface area contributed by atoms with E-state index in [0.29, 0.717) is 10.6 Å². The molecule has 1 atom stereocenters. The Hall–Kier alpha value is -1.85. The largest absolute Gasteiger partial charge is 0.345 e. The Labute approximate surface area is 135 Å². The van der Waals surface area contributed by atoms with Crippen LogP contribution in [0.15, 0.2) is 53.4 Å². The minimum Gasteiger partial charge on any atom is -0.345 e. The van der Waals surface area contributed by atoms with E-state index in [1.54, 1.807) is 18.2 Å². The second-order valence-electron chi connectivity index (χ2n) is 5.02. The first-order chi connectivity index (χ1) is 10.3. The molecule has 6 heteroatoms. The molecule has 0 saturated heterocycles. The molecule has 116 valence electrons. The molecule has 0 unspecified atom stereocenters. The Balaban J connectivity index is 2.21. The summed E-state index contributed by atoms with van der Waals surface area (Å²) < 4.78 is 23.1. The maximum absolute atomic E-state index is 12.3. The third-order valence-corrected chi connectivity index (χ3v) is 4.70. The van der Waals surface area contributed by atoms with Crippen molar-refractivity contribution < 1.29 is 13.2 Å². The molecule has 0 heterocycles. The lowest BCUT2D eigenvalue weighted by atomic mass is 10.1. The maximum Gasteiger partial charge on any atom is 0.251 e. The van der Waals surface area contributed by atoms with Crippen molar-refractivity contribution in [2.45, 2.75) is 17.9 Å². The van der Waals surface area contributed by atoms with Crippen molar-refractivity contribution >= 4 is 27.3 Å². The van der Waals surface area contributed by atoms with Gasteiger partial charge in [0.25, 0.3) is 5.91 Å². The molecule has 2 aromatic rings. The van der Waals surface area contributed by atoms with E-state index >= 15 is 0 Å². The molecule has 0 aromatic heterocycles. The number of halogens is 1. The molecule has 0 radical (unpaired) electrons. The zero-order chi connectivity index (χ0) is 16.3. The average Bonchev–Trinajstić information content (AvgIpc) is 2.46. The number of sulfone groups is 1. The Morgan fingerprint density at radius 1 is 1.14 bits per heavy atom. The molecule has 2 aromatic carbocycles. The molecule has 0 fully saturated rings. The van der Waals surface area contributed by atoms with Crippen molar-refractivity contribution in [3.05, 3.63) is 64.7 Å². The summed E-state index contributed by atoms with van der Waals surface area (Å²) in [5.74, 6) is -0.349. The first kappa shape index (κ1) is 16.5. The van der Waals surface area contributed by atoms with Crippen molar-refractivity contribution in [2.24, 2.45) is 0 Å². The zero-order valence-electron chi connectivity index (χ0n) is 12.2. The van der Waals surface area contributed by atoms with Gasteiger partial charge in [0.1, 0.15) is 0 Å². The van der Waals surface area contributed by atoms with Crippen molar-refractivity contribution in [1.82, 2.24) is 5.32 Å². The zero-order valence-corrected chi connectivity index (χ0v) is 13.8. The molecular formula is C16H16ClNO3S. The molecule has 0 aliphatic heterocycles. The van der Waals surface area contributed by atoms with Crippen LogP contribution < -0.4 is 5.32 Å². The van der Waals surface area contributed by atoms with Gasteiger partial charge in [-0.25, -0.2) is 8.42 Å². The molecule has 1 amide bonds. The summed E-state index contributed by atoms with van der Waals surface area (Å²) in [7, 11) is -3.35. The van der Waals surface area contributed by atoms with Crippen LogP contribution in [0.5, 0.6) is 0 Å². The van der Waals surface area contributed by atoms with E-state index in [2.05, 4.69) is 5.32 Å². The van der Waals surface area contributed by atoms with Gasteiger partial charge >= 0.3 is 0 Å². The predicted octanol–water partition coefficient (Wildman–Crippen LogP) is 3.23. The van der Waals surface area contributed by atoms with Gasteiger partial charge in [0.05, 0.1) is 10.9 Å². The van der Waals surface area contributed by atoms with Crippen LogP contribution in [-0.4, -0.2) is 20.6 Å². The summed E-state index contributed by atoms with van der Waals surface area (Å²) in [6, 6.07) is 12.9. The summed E-state index contributed by atoms with van der Waals surface area (Å²) in [6.45, 7) is 1.82. The molecule has 0 bridgehead atoms. The third-order valence-electron chi connectivity index (χ3n) is 3.24. The van der Waals surface area contributed by atoms with Gasteiger partial charge in [-0.3, -0.25) is 4.79 Å². The minimum absolute atomic E-state index is 0.116. The lowest BCUT2D eigenvalue weighted by Crippen LogP contribution is -2.27. The second kappa shape index (κ2) is 6.50. The SMILES string of the molecule is C[C@H](NC(=O)c1cccc(S(C)(=O)=O)c1)c1ccccc1Cl.